The molecule has 1 fully saturated rings. The van der Waals surface area contributed by atoms with Crippen LogP contribution in [0.15, 0.2) is 30.3 Å². The molecule has 18 heavy (non-hydrogen) atoms. The average molecular weight is 243 g/mol. The van der Waals surface area contributed by atoms with Crippen molar-refractivity contribution in [2.24, 2.45) is 0 Å². The zero-order valence-corrected chi connectivity index (χ0v) is 10.8. The lowest BCUT2D eigenvalue weighted by Crippen LogP contribution is -2.44. The Bertz CT molecular complexity index is 399. The van der Waals surface area contributed by atoms with Gasteiger partial charge in [-0.2, -0.15) is 0 Å². The minimum atomic E-state index is -0.613. The third-order valence-corrected chi connectivity index (χ3v) is 3.78. The number of aliphatic hydroxyl groups is 1. The highest BCUT2D eigenvalue weighted by molar-refractivity contribution is 5.14. The fraction of sp³-hybridized carbons (Fsp3) is 0.500. The summed E-state index contributed by atoms with van der Waals surface area (Å²) in [6, 6.07) is 10.5. The van der Waals surface area contributed by atoms with Gasteiger partial charge in [0, 0.05) is 26.1 Å². The quantitative estimate of drug-likeness (QED) is 0.818. The molecule has 1 aliphatic rings. The maximum Gasteiger partial charge on any atom is 0.0780 e. The van der Waals surface area contributed by atoms with Crippen LogP contribution in [0.2, 0.25) is 0 Å². The van der Waals surface area contributed by atoms with Crippen LogP contribution in [-0.4, -0.2) is 35.2 Å². The SMILES string of the molecule is C#CCC1(O)CCN(CCc2ccccc2)CC1. The lowest BCUT2D eigenvalue weighted by molar-refractivity contribution is -0.0164. The smallest absolute Gasteiger partial charge is 0.0780 e. The largest absolute Gasteiger partial charge is 0.389 e. The molecule has 1 N–H and O–H groups in total. The molecule has 0 aliphatic carbocycles. The Hall–Kier alpha value is -1.30. The third kappa shape index (κ3) is 3.60. The summed E-state index contributed by atoms with van der Waals surface area (Å²) in [6.45, 7) is 2.96. The fourth-order valence-electron chi connectivity index (χ4n) is 2.49. The maximum atomic E-state index is 10.2. The van der Waals surface area contributed by atoms with E-state index >= 15 is 0 Å². The number of terminal acetylenes is 1. The Morgan fingerprint density at radius 3 is 2.50 bits per heavy atom. The van der Waals surface area contributed by atoms with Crippen molar-refractivity contribution in [1.29, 1.82) is 0 Å². The van der Waals surface area contributed by atoms with Crippen LogP contribution >= 0.6 is 0 Å². The summed E-state index contributed by atoms with van der Waals surface area (Å²) in [5.41, 5.74) is 0.764. The van der Waals surface area contributed by atoms with Crippen LogP contribution in [0.25, 0.3) is 0 Å². The van der Waals surface area contributed by atoms with Gasteiger partial charge in [0.15, 0.2) is 0 Å². The van der Waals surface area contributed by atoms with Gasteiger partial charge in [-0.25, -0.2) is 0 Å². The van der Waals surface area contributed by atoms with Gasteiger partial charge in [-0.05, 0) is 24.8 Å². The molecule has 0 bridgehead atoms. The van der Waals surface area contributed by atoms with Crippen molar-refractivity contribution < 1.29 is 5.11 Å². The van der Waals surface area contributed by atoms with Crippen LogP contribution in [0.1, 0.15) is 24.8 Å². The monoisotopic (exact) mass is 243 g/mol. The highest BCUT2D eigenvalue weighted by Crippen LogP contribution is 2.25. The van der Waals surface area contributed by atoms with E-state index in [9.17, 15) is 5.11 Å². The van der Waals surface area contributed by atoms with Crippen LogP contribution in [0.5, 0.6) is 0 Å². The van der Waals surface area contributed by atoms with E-state index in [1.54, 1.807) is 0 Å². The zero-order chi connectivity index (χ0) is 12.8. The summed E-state index contributed by atoms with van der Waals surface area (Å²) in [4.78, 5) is 2.41. The first-order valence-corrected chi connectivity index (χ1v) is 6.64. The first-order valence-electron chi connectivity index (χ1n) is 6.64. The van der Waals surface area contributed by atoms with Crippen LogP contribution in [-0.2, 0) is 6.42 Å². The van der Waals surface area contributed by atoms with Crippen LogP contribution < -0.4 is 0 Å². The molecular weight excluding hydrogens is 222 g/mol. The number of hydrogen-bond acceptors (Lipinski definition) is 2. The van der Waals surface area contributed by atoms with Crippen LogP contribution in [0, 0.1) is 12.3 Å². The minimum Gasteiger partial charge on any atom is -0.389 e. The van der Waals surface area contributed by atoms with E-state index in [0.717, 1.165) is 38.9 Å². The number of hydrogen-bond donors (Lipinski definition) is 1. The Balaban J connectivity index is 1.76. The van der Waals surface area contributed by atoms with Gasteiger partial charge in [-0.1, -0.05) is 30.3 Å². The maximum absolute atomic E-state index is 10.2. The van der Waals surface area contributed by atoms with Crippen molar-refractivity contribution in [1.82, 2.24) is 4.90 Å². The topological polar surface area (TPSA) is 23.5 Å². The molecule has 2 nitrogen and oxygen atoms in total. The molecule has 0 spiro atoms. The van der Waals surface area contributed by atoms with Crippen molar-refractivity contribution in [3.63, 3.8) is 0 Å². The summed E-state index contributed by atoms with van der Waals surface area (Å²) in [5.74, 6) is 2.58. The fourth-order valence-corrected chi connectivity index (χ4v) is 2.49. The van der Waals surface area contributed by atoms with Crippen molar-refractivity contribution in [3.8, 4) is 12.3 Å². The van der Waals surface area contributed by atoms with Crippen molar-refractivity contribution in [2.45, 2.75) is 31.3 Å². The number of piperidine rings is 1. The second-order valence-corrected chi connectivity index (χ2v) is 5.18. The minimum absolute atomic E-state index is 0.486. The molecule has 2 heteroatoms. The van der Waals surface area contributed by atoms with Crippen molar-refractivity contribution in [3.05, 3.63) is 35.9 Å². The molecule has 0 amide bonds. The van der Waals surface area contributed by atoms with E-state index in [2.05, 4.69) is 35.1 Å². The van der Waals surface area contributed by atoms with Gasteiger partial charge in [0.2, 0.25) is 0 Å². The Morgan fingerprint density at radius 2 is 1.89 bits per heavy atom. The second kappa shape index (κ2) is 6.04. The Labute approximate surface area is 110 Å². The third-order valence-electron chi connectivity index (χ3n) is 3.78. The first kappa shape index (κ1) is 13.1. The normalized spacial score (nSPS) is 19.3. The lowest BCUT2D eigenvalue weighted by atomic mass is 9.88. The molecule has 1 heterocycles. The molecule has 1 aromatic carbocycles. The Morgan fingerprint density at radius 1 is 1.22 bits per heavy atom. The summed E-state index contributed by atoms with van der Waals surface area (Å²) in [7, 11) is 0. The van der Waals surface area contributed by atoms with Gasteiger partial charge in [0.1, 0.15) is 0 Å². The van der Waals surface area contributed by atoms with Gasteiger partial charge in [-0.15, -0.1) is 12.3 Å². The van der Waals surface area contributed by atoms with Gasteiger partial charge in [-0.3, -0.25) is 0 Å². The van der Waals surface area contributed by atoms with Crippen molar-refractivity contribution >= 4 is 0 Å². The average Bonchev–Trinajstić information content (AvgIpc) is 2.40. The highest BCUT2D eigenvalue weighted by Gasteiger charge is 2.30. The van der Waals surface area contributed by atoms with Crippen LogP contribution in [0.4, 0.5) is 0 Å². The van der Waals surface area contributed by atoms with E-state index in [1.807, 2.05) is 6.07 Å². The zero-order valence-electron chi connectivity index (χ0n) is 10.8. The molecule has 96 valence electrons. The lowest BCUT2D eigenvalue weighted by Gasteiger charge is -2.37. The number of rotatable bonds is 4. The van der Waals surface area contributed by atoms with Crippen LogP contribution in [0.3, 0.4) is 0 Å². The number of likely N-dealkylation sites (tertiary alicyclic amines) is 1. The standard InChI is InChI=1S/C16H21NO/c1-2-9-16(18)10-13-17(14-11-16)12-8-15-6-4-3-5-7-15/h1,3-7,18H,8-14H2. The van der Waals surface area contributed by atoms with E-state index in [4.69, 9.17) is 6.42 Å². The summed E-state index contributed by atoms with van der Waals surface area (Å²) in [5, 5.41) is 10.2. The molecule has 0 aromatic heterocycles. The summed E-state index contributed by atoms with van der Waals surface area (Å²) >= 11 is 0. The summed E-state index contributed by atoms with van der Waals surface area (Å²) in [6.07, 6.45) is 8.45. The molecule has 0 radical (unpaired) electrons. The second-order valence-electron chi connectivity index (χ2n) is 5.18. The van der Waals surface area contributed by atoms with Gasteiger partial charge in [0.05, 0.1) is 5.60 Å². The molecular formula is C16H21NO. The summed E-state index contributed by atoms with van der Waals surface area (Å²) < 4.78 is 0. The van der Waals surface area contributed by atoms with E-state index in [1.165, 1.54) is 5.56 Å². The predicted molar refractivity (Wildman–Crippen MR) is 74.2 cm³/mol. The molecule has 0 saturated carbocycles. The molecule has 1 saturated heterocycles. The number of benzene rings is 1. The Kier molecular flexibility index (Phi) is 4.41. The molecule has 1 aromatic rings. The highest BCUT2D eigenvalue weighted by atomic mass is 16.3. The number of nitrogens with zero attached hydrogens (tertiary/aromatic N) is 1. The molecule has 0 atom stereocenters. The molecule has 0 unspecified atom stereocenters. The van der Waals surface area contributed by atoms with Gasteiger partial charge < -0.3 is 10.0 Å². The molecule has 2 rings (SSSR count). The predicted octanol–water partition coefficient (Wildman–Crippen LogP) is 2.08. The first-order chi connectivity index (χ1) is 8.72. The van der Waals surface area contributed by atoms with E-state index in [0.29, 0.717) is 6.42 Å². The van der Waals surface area contributed by atoms with Gasteiger partial charge in [0.25, 0.3) is 0 Å². The van der Waals surface area contributed by atoms with E-state index < -0.39 is 5.60 Å². The van der Waals surface area contributed by atoms with Gasteiger partial charge >= 0.3 is 0 Å². The van der Waals surface area contributed by atoms with E-state index in [-0.39, 0.29) is 0 Å². The molecule has 1 aliphatic heterocycles. The van der Waals surface area contributed by atoms with Crippen molar-refractivity contribution in [2.75, 3.05) is 19.6 Å².